The summed E-state index contributed by atoms with van der Waals surface area (Å²) in [5, 5.41) is 11.7. The molecule has 1 aromatic heterocycles. The van der Waals surface area contributed by atoms with E-state index in [4.69, 9.17) is 25.1 Å². The van der Waals surface area contributed by atoms with Crippen LogP contribution in [-0.2, 0) is 48.8 Å². The van der Waals surface area contributed by atoms with Gasteiger partial charge in [-0.3, -0.25) is 24.2 Å². The molecule has 0 saturated carbocycles. The molecule has 0 atom stereocenters. The molecule has 5 aromatic rings. The number of primary amides is 1. The van der Waals surface area contributed by atoms with Crippen molar-refractivity contribution >= 4 is 46.8 Å². The molecule has 13 nitrogen and oxygen atoms in total. The number of anilines is 2. The molecule has 1 fully saturated rings. The Bertz CT molecular complexity index is 2380. The normalized spacial score (nSPS) is 13.2. The number of nitrogens with zero attached hydrogens (tertiary/aromatic N) is 3. The molecule has 0 spiro atoms. The highest BCUT2D eigenvalue weighted by Crippen LogP contribution is 2.33. The minimum atomic E-state index is -0.896. The number of piperidine rings is 1. The molecule has 2 heterocycles. The van der Waals surface area contributed by atoms with Crippen molar-refractivity contribution in [3.05, 3.63) is 143 Å². The van der Waals surface area contributed by atoms with E-state index in [-0.39, 0.29) is 31.3 Å². The summed E-state index contributed by atoms with van der Waals surface area (Å²) in [5.74, 6) is -1.10. The molecule has 67 heavy (non-hydrogen) atoms. The first-order valence-corrected chi connectivity index (χ1v) is 24.1. The topological polar surface area (TPSA) is 174 Å². The molecule has 1 aliphatic carbocycles. The van der Waals surface area contributed by atoms with Crippen LogP contribution in [0.5, 0.6) is 0 Å². The quantitative estimate of drug-likeness (QED) is 0.0449. The number of nitrogens with one attached hydrogen (secondary N) is 1. The van der Waals surface area contributed by atoms with Crippen molar-refractivity contribution in [1.29, 1.82) is 0 Å². The van der Waals surface area contributed by atoms with E-state index in [1.54, 1.807) is 59.2 Å². The number of aryl methyl sites for hydroxylation is 2. The Morgan fingerprint density at radius 1 is 0.731 bits per heavy atom. The number of aliphatic carboxylic acids is 1. The highest BCUT2D eigenvalue weighted by Gasteiger charge is 2.18. The molecule has 7 rings (SSSR count). The number of amides is 3. The maximum absolute atomic E-state index is 13.7. The van der Waals surface area contributed by atoms with Crippen LogP contribution in [-0.4, -0.2) is 105 Å². The van der Waals surface area contributed by atoms with Gasteiger partial charge in [0.05, 0.1) is 63.9 Å². The molecule has 14 heteroatoms. The van der Waals surface area contributed by atoms with E-state index in [0.717, 1.165) is 47.6 Å². The van der Waals surface area contributed by atoms with Gasteiger partial charge in [-0.2, -0.15) is 0 Å². The number of carbonyl (C=O) groups is 4. The summed E-state index contributed by atoms with van der Waals surface area (Å²) in [5.41, 5.74) is 14.3. The Morgan fingerprint density at radius 3 is 2.13 bits per heavy atom. The number of ether oxygens (including phenoxy) is 3. The predicted octanol–water partition coefficient (Wildman–Crippen LogP) is 8.47. The van der Waals surface area contributed by atoms with Crippen molar-refractivity contribution in [1.82, 2.24) is 9.88 Å². The van der Waals surface area contributed by atoms with Gasteiger partial charge in [0.25, 0.3) is 5.91 Å². The first-order valence-electron chi connectivity index (χ1n) is 23.2. The number of nitrogens with two attached hydrogens (primary N) is 1. The third-order valence-corrected chi connectivity index (χ3v) is 12.7. The molecule has 1 aliphatic heterocycles. The van der Waals surface area contributed by atoms with Gasteiger partial charge in [0, 0.05) is 65.9 Å². The number of rotatable bonds is 22. The molecule has 4 aromatic carbocycles. The summed E-state index contributed by atoms with van der Waals surface area (Å²) in [7, 11) is 1.75. The minimum Gasteiger partial charge on any atom is -0.481 e. The summed E-state index contributed by atoms with van der Waals surface area (Å²) in [4.78, 5) is 58.6. The summed E-state index contributed by atoms with van der Waals surface area (Å²) in [6.07, 6.45) is 10.6. The Balaban J connectivity index is 0.000000647. The number of fused-ring (bicyclic) bond motifs is 1. The molecule has 4 N–H and O–H groups in total. The second-order valence-corrected chi connectivity index (χ2v) is 17.7. The fourth-order valence-electron chi connectivity index (χ4n) is 7.86. The first kappa shape index (κ1) is 50.4. The average molecular weight is 930 g/mol. The third kappa shape index (κ3) is 16.6. The molecule has 354 valence electrons. The summed E-state index contributed by atoms with van der Waals surface area (Å²) < 4.78 is 16.2. The number of hydrogen-bond acceptors (Lipinski definition) is 10. The fourth-order valence-corrected chi connectivity index (χ4v) is 8.78. The van der Waals surface area contributed by atoms with Crippen LogP contribution in [0.1, 0.15) is 81.5 Å². The second kappa shape index (κ2) is 26.9. The van der Waals surface area contributed by atoms with Crippen molar-refractivity contribution in [2.45, 2.75) is 68.4 Å². The molecule has 0 radical (unpaired) electrons. The third-order valence-electron chi connectivity index (χ3n) is 11.6. The lowest BCUT2D eigenvalue weighted by atomic mass is 9.92. The monoisotopic (exact) mass is 929 g/mol. The lowest BCUT2D eigenvalue weighted by Gasteiger charge is -2.29. The van der Waals surface area contributed by atoms with Gasteiger partial charge >= 0.3 is 5.97 Å². The van der Waals surface area contributed by atoms with E-state index in [2.05, 4.69) is 39.5 Å². The van der Waals surface area contributed by atoms with Crippen LogP contribution in [0.4, 0.5) is 11.4 Å². The van der Waals surface area contributed by atoms with Crippen molar-refractivity contribution in [3.63, 3.8) is 0 Å². The molecular formula is C53H63N5O8S. The van der Waals surface area contributed by atoms with Gasteiger partial charge in [-0.15, -0.1) is 11.8 Å². The highest BCUT2D eigenvalue weighted by atomic mass is 32.2. The fraction of sp³-hybridized carbons (Fsp3) is 0.377. The van der Waals surface area contributed by atoms with Gasteiger partial charge in [0.2, 0.25) is 11.8 Å². The van der Waals surface area contributed by atoms with Gasteiger partial charge in [-0.1, -0.05) is 48.5 Å². The lowest BCUT2D eigenvalue weighted by Crippen LogP contribution is -2.31. The Kier molecular flexibility index (Phi) is 20.2. The van der Waals surface area contributed by atoms with Crippen molar-refractivity contribution in [2.75, 3.05) is 76.5 Å². The van der Waals surface area contributed by atoms with Crippen LogP contribution in [0, 0.1) is 0 Å². The number of hydrogen-bond donors (Lipinski definition) is 3. The van der Waals surface area contributed by atoms with Crippen LogP contribution < -0.4 is 16.0 Å². The van der Waals surface area contributed by atoms with Gasteiger partial charge < -0.3 is 40.2 Å². The summed E-state index contributed by atoms with van der Waals surface area (Å²) in [6.45, 7) is 4.33. The van der Waals surface area contributed by atoms with E-state index in [1.807, 2.05) is 60.7 Å². The standard InChI is InChI=1S/C43H51N5O8S.C10H12/c1-47(18-20-55-22-24-56-23-21-54-19-14-41(50)51)40(49)27-31-7-6-10-36(26-31)57-30-32-8-5-9-34(25-32)43(53)46-38-12-11-35(48-16-3-2-4-17-48)29-37(38)39-28-33(42(44)52)13-15-45-39;1-2-6-10-8-4-3-7-9(10)5-1/h5-13,15,25-26,28-29H,2-4,14,16-24,27,30H2,1H3,(H2,44,52)(H,46,53)(H,50,51);1-2,5-6H,3-4,7-8H2. The van der Waals surface area contributed by atoms with Crippen LogP contribution in [0.2, 0.25) is 0 Å². The maximum Gasteiger partial charge on any atom is 0.305 e. The van der Waals surface area contributed by atoms with Crippen LogP contribution in [0.15, 0.2) is 114 Å². The van der Waals surface area contributed by atoms with Crippen molar-refractivity contribution in [3.8, 4) is 11.3 Å². The number of carbonyl (C=O) groups excluding carboxylic acids is 3. The first-order chi connectivity index (χ1) is 32.6. The molecule has 0 unspecified atom stereocenters. The van der Waals surface area contributed by atoms with E-state index in [9.17, 15) is 19.2 Å². The molecule has 0 bridgehead atoms. The van der Waals surface area contributed by atoms with Crippen LogP contribution in [0.3, 0.4) is 0 Å². The number of benzene rings is 4. The Morgan fingerprint density at radius 2 is 1.42 bits per heavy atom. The second-order valence-electron chi connectivity index (χ2n) is 16.6. The van der Waals surface area contributed by atoms with Gasteiger partial charge in [-0.25, -0.2) is 0 Å². The van der Waals surface area contributed by atoms with Gasteiger partial charge in [0.15, 0.2) is 0 Å². The van der Waals surface area contributed by atoms with E-state index >= 15 is 0 Å². The minimum absolute atomic E-state index is 0.0186. The molecule has 3 amide bonds. The smallest absolute Gasteiger partial charge is 0.305 e. The SMILES string of the molecule is CN(CCOCCOCCOCCC(=O)O)C(=O)Cc1cccc(SCc2cccc(C(=O)Nc3ccc(N4CCCCC4)cc3-c3cc(C(N)=O)ccn3)c2)c1.c1ccc2c(c1)CCCC2. The number of carboxylic acids is 1. The largest absolute Gasteiger partial charge is 0.481 e. The van der Waals surface area contributed by atoms with Crippen LogP contribution >= 0.6 is 11.8 Å². The zero-order valence-electron chi connectivity index (χ0n) is 38.5. The lowest BCUT2D eigenvalue weighted by molar-refractivity contribution is -0.138. The Hall–Kier alpha value is -6.06. The Labute approximate surface area is 398 Å². The molecule has 1 saturated heterocycles. The maximum atomic E-state index is 13.7. The number of thioether (sulfide) groups is 1. The van der Waals surface area contributed by atoms with Gasteiger partial charge in [-0.05, 0) is 122 Å². The number of likely N-dealkylation sites (N-methyl/N-ethyl adjacent to an activating group) is 1. The molecular weight excluding hydrogens is 867 g/mol. The van der Waals surface area contributed by atoms with E-state index < -0.39 is 11.9 Å². The van der Waals surface area contributed by atoms with Gasteiger partial charge in [0.1, 0.15) is 0 Å². The van der Waals surface area contributed by atoms with Crippen molar-refractivity contribution < 1.29 is 38.5 Å². The highest BCUT2D eigenvalue weighted by molar-refractivity contribution is 7.98. The van der Waals surface area contributed by atoms with E-state index in [0.29, 0.717) is 73.4 Å². The summed E-state index contributed by atoms with van der Waals surface area (Å²) in [6, 6.07) is 33.4. The number of pyridine rings is 1. The predicted molar refractivity (Wildman–Crippen MR) is 264 cm³/mol. The number of carboxylic acid groups (broad SMARTS) is 1. The summed E-state index contributed by atoms with van der Waals surface area (Å²) >= 11 is 1.63. The molecule has 2 aliphatic rings. The van der Waals surface area contributed by atoms with Crippen LogP contribution in [0.25, 0.3) is 11.3 Å². The average Bonchev–Trinajstić information content (AvgIpc) is 3.35. The zero-order chi connectivity index (χ0) is 47.2. The number of aromatic nitrogens is 1. The van der Waals surface area contributed by atoms with E-state index in [1.165, 1.54) is 32.1 Å². The van der Waals surface area contributed by atoms with Crippen molar-refractivity contribution in [2.24, 2.45) is 5.73 Å². The zero-order valence-corrected chi connectivity index (χ0v) is 39.3.